The molecule has 2 rings (SSSR count). The molecule has 0 saturated heterocycles. The Morgan fingerprint density at radius 3 is 2.14 bits per heavy atom. The van der Waals surface area contributed by atoms with E-state index in [1.54, 1.807) is 18.2 Å². The van der Waals surface area contributed by atoms with Crippen molar-refractivity contribution in [2.75, 3.05) is 5.73 Å². The molecule has 0 saturated carbocycles. The van der Waals surface area contributed by atoms with Gasteiger partial charge in [-0.25, -0.2) is 0 Å². The molecule has 3 N–H and O–H groups in total. The summed E-state index contributed by atoms with van der Waals surface area (Å²) >= 11 is 0. The van der Waals surface area contributed by atoms with Crippen LogP contribution < -0.4 is 9.92 Å². The smallest absolute Gasteiger partial charge is 0.339 e. The second-order valence-electron chi connectivity index (χ2n) is 4.48. The molecule has 0 aliphatic heterocycles. The van der Waals surface area contributed by atoms with Crippen LogP contribution in [0.1, 0.15) is 5.56 Å². The fourth-order valence-electron chi connectivity index (χ4n) is 1.83. The maximum atomic E-state index is 12.3. The topological polar surface area (TPSA) is 124 Å². The van der Waals surface area contributed by atoms with E-state index in [4.69, 9.17) is 14.5 Å². The number of hydrogen-bond acceptors (Lipinski definition) is 6. The van der Waals surface area contributed by atoms with E-state index in [0.717, 1.165) is 12.1 Å². The van der Waals surface area contributed by atoms with Crippen LogP contribution in [0.4, 0.5) is 5.69 Å². The number of nitrogens with two attached hydrogens (primary N) is 1. The Bertz CT molecular complexity index is 905. The van der Waals surface area contributed by atoms with Crippen molar-refractivity contribution in [1.82, 2.24) is 0 Å². The number of aryl methyl sites for hydroxylation is 1. The van der Waals surface area contributed by atoms with E-state index in [0.29, 0.717) is 0 Å². The van der Waals surface area contributed by atoms with E-state index in [9.17, 15) is 16.8 Å². The first-order valence-corrected chi connectivity index (χ1v) is 8.83. The second-order valence-corrected chi connectivity index (χ2v) is 7.39. The molecule has 2 aromatic rings. The lowest BCUT2D eigenvalue weighted by atomic mass is 10.2. The van der Waals surface area contributed by atoms with Crippen molar-refractivity contribution < 1.29 is 25.6 Å². The number of hydrogen-bond donors (Lipinski definition) is 2. The monoisotopic (exact) mass is 343 g/mol. The Balaban J connectivity index is 2.56. The Morgan fingerprint density at radius 1 is 1.00 bits per heavy atom. The van der Waals surface area contributed by atoms with Crippen LogP contribution in [0.5, 0.6) is 5.75 Å². The standard InChI is InChI=1S/C13H13NO6S2/c1-9-7-11(14)13(21(15,16)17)8-12(9)22(18,19)20-10-5-3-2-4-6-10/h2-8H,14H2,1H3,(H,15,16,17). The minimum atomic E-state index is -4.65. The minimum Gasteiger partial charge on any atom is -0.398 e. The molecule has 2 aromatic carbocycles. The third-order valence-corrected chi connectivity index (χ3v) is 5.10. The summed E-state index contributed by atoms with van der Waals surface area (Å²) in [6.45, 7) is 1.44. The van der Waals surface area contributed by atoms with Crippen LogP contribution >= 0.6 is 0 Å². The summed E-state index contributed by atoms with van der Waals surface area (Å²) in [6.07, 6.45) is 0. The maximum Gasteiger partial charge on any atom is 0.339 e. The lowest BCUT2D eigenvalue weighted by Crippen LogP contribution is -2.13. The SMILES string of the molecule is Cc1cc(N)c(S(=O)(=O)O)cc1S(=O)(=O)Oc1ccccc1. The van der Waals surface area contributed by atoms with E-state index in [1.807, 2.05) is 0 Å². The first-order chi connectivity index (χ1) is 10.1. The number of benzene rings is 2. The van der Waals surface area contributed by atoms with Gasteiger partial charge in [0.2, 0.25) is 0 Å². The third-order valence-electron chi connectivity index (χ3n) is 2.80. The molecule has 0 amide bonds. The lowest BCUT2D eigenvalue weighted by molar-refractivity contribution is 0.482. The van der Waals surface area contributed by atoms with Crippen LogP contribution in [-0.2, 0) is 20.2 Å². The van der Waals surface area contributed by atoms with Crippen LogP contribution in [0.2, 0.25) is 0 Å². The van der Waals surface area contributed by atoms with Gasteiger partial charge in [0.05, 0.1) is 5.69 Å². The quantitative estimate of drug-likeness (QED) is 0.491. The van der Waals surface area contributed by atoms with Crippen molar-refractivity contribution in [3.05, 3.63) is 48.0 Å². The van der Waals surface area contributed by atoms with Gasteiger partial charge in [-0.3, -0.25) is 4.55 Å². The number of nitrogen functional groups attached to an aromatic ring is 1. The highest BCUT2D eigenvalue weighted by molar-refractivity contribution is 7.87. The maximum absolute atomic E-state index is 12.3. The third kappa shape index (κ3) is 3.38. The van der Waals surface area contributed by atoms with Gasteiger partial charge in [0, 0.05) is 0 Å². The average Bonchev–Trinajstić information content (AvgIpc) is 2.37. The van der Waals surface area contributed by atoms with Crippen LogP contribution in [0.25, 0.3) is 0 Å². The zero-order valence-electron chi connectivity index (χ0n) is 11.4. The molecule has 0 radical (unpaired) electrons. The molecule has 7 nitrogen and oxygen atoms in total. The summed E-state index contributed by atoms with van der Waals surface area (Å²) in [6, 6.07) is 9.66. The molecule has 118 valence electrons. The molecule has 0 fully saturated rings. The van der Waals surface area contributed by atoms with Crippen LogP contribution in [-0.4, -0.2) is 21.4 Å². The second kappa shape index (κ2) is 5.59. The van der Waals surface area contributed by atoms with Gasteiger partial charge < -0.3 is 9.92 Å². The molecule has 0 heterocycles. The van der Waals surface area contributed by atoms with Gasteiger partial charge in [0.15, 0.2) is 0 Å². The van der Waals surface area contributed by atoms with Gasteiger partial charge in [-0.15, -0.1) is 0 Å². The molecule has 9 heteroatoms. The highest BCUT2D eigenvalue weighted by atomic mass is 32.2. The van der Waals surface area contributed by atoms with Crippen molar-refractivity contribution in [2.24, 2.45) is 0 Å². The average molecular weight is 343 g/mol. The highest BCUT2D eigenvalue weighted by Crippen LogP contribution is 2.28. The Hall–Kier alpha value is -2.10. The van der Waals surface area contributed by atoms with Gasteiger partial charge in [0.1, 0.15) is 15.5 Å². The summed E-state index contributed by atoms with van der Waals surface area (Å²) in [7, 11) is -8.93. The van der Waals surface area contributed by atoms with Crippen molar-refractivity contribution in [3.8, 4) is 5.75 Å². The van der Waals surface area contributed by atoms with Crippen molar-refractivity contribution in [1.29, 1.82) is 0 Å². The number of para-hydroxylation sites is 1. The predicted molar refractivity (Wildman–Crippen MR) is 79.7 cm³/mol. The number of rotatable bonds is 4. The fourth-order valence-corrected chi connectivity index (χ4v) is 3.70. The Labute approximate surface area is 128 Å². The molecule has 0 aliphatic rings. The zero-order valence-corrected chi connectivity index (χ0v) is 13.1. The van der Waals surface area contributed by atoms with Gasteiger partial charge in [-0.05, 0) is 36.8 Å². The first kappa shape index (κ1) is 16.3. The highest BCUT2D eigenvalue weighted by Gasteiger charge is 2.24. The molecular formula is C13H13NO6S2. The van der Waals surface area contributed by atoms with E-state index in [-0.39, 0.29) is 17.0 Å². The fraction of sp³-hybridized carbons (Fsp3) is 0.0769. The van der Waals surface area contributed by atoms with Gasteiger partial charge in [-0.2, -0.15) is 16.8 Å². The van der Waals surface area contributed by atoms with Gasteiger partial charge >= 0.3 is 10.1 Å². The summed E-state index contributed by atoms with van der Waals surface area (Å²) in [5.74, 6) is 0.0760. The van der Waals surface area contributed by atoms with Crippen LogP contribution in [0.3, 0.4) is 0 Å². The largest absolute Gasteiger partial charge is 0.398 e. The first-order valence-electron chi connectivity index (χ1n) is 5.98. The molecule has 0 unspecified atom stereocenters. The summed E-state index contributed by atoms with van der Waals surface area (Å²) in [5, 5.41) is 0. The van der Waals surface area contributed by atoms with E-state index < -0.39 is 30.0 Å². The van der Waals surface area contributed by atoms with Crippen molar-refractivity contribution in [2.45, 2.75) is 16.7 Å². The molecule has 0 atom stereocenters. The van der Waals surface area contributed by atoms with Gasteiger partial charge in [0.25, 0.3) is 10.1 Å². The minimum absolute atomic E-state index is 0.0760. The molecule has 0 aromatic heterocycles. The van der Waals surface area contributed by atoms with Crippen molar-refractivity contribution in [3.63, 3.8) is 0 Å². The van der Waals surface area contributed by atoms with Gasteiger partial charge in [-0.1, -0.05) is 18.2 Å². The molecule has 0 spiro atoms. The molecular weight excluding hydrogens is 330 g/mol. The summed E-state index contributed by atoms with van der Waals surface area (Å²) in [4.78, 5) is -1.08. The van der Waals surface area contributed by atoms with Crippen LogP contribution in [0.15, 0.2) is 52.3 Å². The zero-order chi connectivity index (χ0) is 16.5. The molecule has 22 heavy (non-hydrogen) atoms. The van der Waals surface area contributed by atoms with E-state index in [1.165, 1.54) is 19.1 Å². The van der Waals surface area contributed by atoms with E-state index >= 15 is 0 Å². The predicted octanol–water partition coefficient (Wildman–Crippen LogP) is 1.59. The Morgan fingerprint density at radius 2 is 1.59 bits per heavy atom. The van der Waals surface area contributed by atoms with Crippen molar-refractivity contribution >= 4 is 25.9 Å². The molecule has 0 bridgehead atoms. The summed E-state index contributed by atoms with van der Waals surface area (Å²) in [5.41, 5.74) is 5.44. The number of anilines is 1. The summed E-state index contributed by atoms with van der Waals surface area (Å²) < 4.78 is 61.1. The molecule has 0 aliphatic carbocycles. The van der Waals surface area contributed by atoms with E-state index in [2.05, 4.69) is 0 Å². The normalized spacial score (nSPS) is 12.1. The van der Waals surface area contributed by atoms with Crippen LogP contribution in [0, 0.1) is 6.92 Å². The lowest BCUT2D eigenvalue weighted by Gasteiger charge is -2.12. The Kier molecular flexibility index (Phi) is 4.14.